The van der Waals surface area contributed by atoms with Gasteiger partial charge in [-0.05, 0) is 0 Å². The molecule has 2 aliphatic rings. The fourth-order valence-corrected chi connectivity index (χ4v) is 1.57. The fraction of sp³-hybridized carbons (Fsp3) is 0.889. The largest absolute Gasteiger partial charge is 0.459 e. The van der Waals surface area contributed by atoms with Crippen molar-refractivity contribution in [3.63, 3.8) is 0 Å². The van der Waals surface area contributed by atoms with Crippen molar-refractivity contribution < 1.29 is 19.0 Å². The van der Waals surface area contributed by atoms with Crippen molar-refractivity contribution in [2.24, 2.45) is 0 Å². The lowest BCUT2D eigenvalue weighted by Crippen LogP contribution is -2.48. The summed E-state index contributed by atoms with van der Waals surface area (Å²) >= 11 is 0. The number of hydrogen-bond acceptors (Lipinski definition) is 5. The quantitative estimate of drug-likeness (QED) is 0.599. The van der Waals surface area contributed by atoms with E-state index in [2.05, 4.69) is 5.32 Å². The number of ether oxygens (including phenoxy) is 3. The first-order chi connectivity index (χ1) is 6.86. The molecule has 0 radical (unpaired) electrons. The maximum absolute atomic E-state index is 11.5. The van der Waals surface area contributed by atoms with Crippen molar-refractivity contribution in [1.29, 1.82) is 0 Å². The zero-order valence-electron chi connectivity index (χ0n) is 8.03. The summed E-state index contributed by atoms with van der Waals surface area (Å²) < 4.78 is 15.5. The lowest BCUT2D eigenvalue weighted by Gasteiger charge is -2.23. The monoisotopic (exact) mass is 201 g/mol. The third kappa shape index (κ3) is 2.43. The van der Waals surface area contributed by atoms with Crippen molar-refractivity contribution in [3.05, 3.63) is 0 Å². The predicted molar refractivity (Wildman–Crippen MR) is 47.9 cm³/mol. The molecule has 5 heteroatoms. The van der Waals surface area contributed by atoms with Crippen molar-refractivity contribution in [2.75, 3.05) is 33.0 Å². The molecular weight excluding hydrogens is 186 g/mol. The van der Waals surface area contributed by atoms with Gasteiger partial charge >= 0.3 is 5.97 Å². The molecule has 14 heavy (non-hydrogen) atoms. The summed E-state index contributed by atoms with van der Waals surface area (Å²) in [5.41, 5.74) is 0. The highest BCUT2D eigenvalue weighted by molar-refractivity contribution is 5.76. The molecule has 5 nitrogen and oxygen atoms in total. The first kappa shape index (κ1) is 9.89. The summed E-state index contributed by atoms with van der Waals surface area (Å²) in [6.45, 7) is 3.00. The maximum atomic E-state index is 11.5. The first-order valence-corrected chi connectivity index (χ1v) is 4.95. The van der Waals surface area contributed by atoms with Gasteiger partial charge in [-0.1, -0.05) is 0 Å². The summed E-state index contributed by atoms with van der Waals surface area (Å²) in [5.74, 6) is -0.222. The number of hydrogen-bond donors (Lipinski definition) is 1. The Morgan fingerprint density at radius 2 is 2.14 bits per heavy atom. The fourth-order valence-electron chi connectivity index (χ4n) is 1.57. The van der Waals surface area contributed by atoms with Crippen LogP contribution in [-0.4, -0.2) is 51.1 Å². The van der Waals surface area contributed by atoms with Crippen molar-refractivity contribution in [3.8, 4) is 0 Å². The van der Waals surface area contributed by atoms with Crippen LogP contribution in [0.15, 0.2) is 0 Å². The van der Waals surface area contributed by atoms with E-state index in [1.165, 1.54) is 0 Å². The van der Waals surface area contributed by atoms with Gasteiger partial charge in [0.2, 0.25) is 0 Å². The molecule has 2 heterocycles. The molecule has 0 spiro atoms. The third-order valence-electron chi connectivity index (χ3n) is 2.38. The molecule has 0 saturated carbocycles. The molecule has 0 amide bonds. The lowest BCUT2D eigenvalue weighted by atomic mass is 10.2. The lowest BCUT2D eigenvalue weighted by molar-refractivity contribution is -0.154. The van der Waals surface area contributed by atoms with Gasteiger partial charge in [0.05, 0.1) is 26.4 Å². The predicted octanol–water partition coefficient (Wildman–Crippen LogP) is -0.693. The van der Waals surface area contributed by atoms with Gasteiger partial charge in [-0.3, -0.25) is 4.79 Å². The molecule has 2 unspecified atom stereocenters. The molecule has 0 aromatic carbocycles. The van der Waals surface area contributed by atoms with Crippen LogP contribution in [0.5, 0.6) is 0 Å². The van der Waals surface area contributed by atoms with Crippen LogP contribution >= 0.6 is 0 Å². The average Bonchev–Trinajstić information content (AvgIpc) is 2.72. The summed E-state index contributed by atoms with van der Waals surface area (Å²) in [7, 11) is 0. The third-order valence-corrected chi connectivity index (χ3v) is 2.38. The molecule has 2 rings (SSSR count). The van der Waals surface area contributed by atoms with Crippen LogP contribution in [-0.2, 0) is 19.0 Å². The normalized spacial score (nSPS) is 32.9. The van der Waals surface area contributed by atoms with Crippen LogP contribution in [0.4, 0.5) is 0 Å². The van der Waals surface area contributed by atoms with Gasteiger partial charge in [-0.15, -0.1) is 0 Å². The highest BCUT2D eigenvalue weighted by Crippen LogP contribution is 2.09. The Kier molecular flexibility index (Phi) is 3.34. The summed E-state index contributed by atoms with van der Waals surface area (Å²) in [6, 6.07) is -0.302. The van der Waals surface area contributed by atoms with E-state index in [0.29, 0.717) is 33.0 Å². The Morgan fingerprint density at radius 3 is 2.79 bits per heavy atom. The van der Waals surface area contributed by atoms with Gasteiger partial charge in [0, 0.05) is 13.0 Å². The topological polar surface area (TPSA) is 56.8 Å². The molecule has 2 atom stereocenters. The number of esters is 1. The Hall–Kier alpha value is -0.650. The van der Waals surface area contributed by atoms with Crippen molar-refractivity contribution in [2.45, 2.75) is 18.6 Å². The molecule has 0 aromatic heterocycles. The van der Waals surface area contributed by atoms with Crippen LogP contribution < -0.4 is 5.32 Å². The molecular formula is C9H15NO4. The van der Waals surface area contributed by atoms with E-state index in [1.807, 2.05) is 0 Å². The molecule has 2 fully saturated rings. The smallest absolute Gasteiger partial charge is 0.325 e. The van der Waals surface area contributed by atoms with E-state index in [-0.39, 0.29) is 18.1 Å². The highest BCUT2D eigenvalue weighted by atomic mass is 16.6. The Balaban J connectivity index is 1.75. The number of nitrogens with one attached hydrogen (secondary N) is 1. The average molecular weight is 201 g/mol. The van der Waals surface area contributed by atoms with E-state index < -0.39 is 0 Å². The summed E-state index contributed by atoms with van der Waals surface area (Å²) in [6.07, 6.45) is 0.741. The minimum Gasteiger partial charge on any atom is -0.459 e. The molecule has 0 aliphatic carbocycles. The van der Waals surface area contributed by atoms with E-state index in [4.69, 9.17) is 14.2 Å². The number of carbonyl (C=O) groups is 1. The standard InChI is InChI=1S/C9H15NO4/c11-9(8-6-13-4-2-10-8)14-7-1-3-12-5-7/h7-8,10H,1-6H2. The minimum atomic E-state index is -0.302. The van der Waals surface area contributed by atoms with Crippen LogP contribution in [0.2, 0.25) is 0 Å². The van der Waals surface area contributed by atoms with Crippen LogP contribution in [0, 0.1) is 0 Å². The Bertz CT molecular complexity index is 197. The molecule has 0 aromatic rings. The zero-order valence-corrected chi connectivity index (χ0v) is 8.03. The van der Waals surface area contributed by atoms with Gasteiger partial charge < -0.3 is 19.5 Å². The number of morpholine rings is 1. The van der Waals surface area contributed by atoms with Gasteiger partial charge in [0.1, 0.15) is 12.1 Å². The number of rotatable bonds is 2. The van der Waals surface area contributed by atoms with Gasteiger partial charge in [0.15, 0.2) is 0 Å². The van der Waals surface area contributed by atoms with Crippen LogP contribution in [0.1, 0.15) is 6.42 Å². The van der Waals surface area contributed by atoms with Gasteiger partial charge in [0.25, 0.3) is 0 Å². The molecule has 80 valence electrons. The Labute approximate surface area is 82.7 Å². The highest BCUT2D eigenvalue weighted by Gasteiger charge is 2.27. The number of carbonyl (C=O) groups excluding carboxylic acids is 1. The van der Waals surface area contributed by atoms with E-state index >= 15 is 0 Å². The van der Waals surface area contributed by atoms with E-state index in [1.54, 1.807) is 0 Å². The van der Waals surface area contributed by atoms with Crippen LogP contribution in [0.25, 0.3) is 0 Å². The summed E-state index contributed by atoms with van der Waals surface area (Å²) in [5, 5.41) is 3.05. The maximum Gasteiger partial charge on any atom is 0.325 e. The molecule has 1 N–H and O–H groups in total. The first-order valence-electron chi connectivity index (χ1n) is 4.95. The second-order valence-corrected chi connectivity index (χ2v) is 3.50. The SMILES string of the molecule is O=C(OC1CCOC1)C1COCCN1. The molecule has 0 bridgehead atoms. The van der Waals surface area contributed by atoms with Crippen LogP contribution in [0.3, 0.4) is 0 Å². The van der Waals surface area contributed by atoms with Gasteiger partial charge in [-0.2, -0.15) is 0 Å². The van der Waals surface area contributed by atoms with Crippen molar-refractivity contribution >= 4 is 5.97 Å². The van der Waals surface area contributed by atoms with Crippen molar-refractivity contribution in [1.82, 2.24) is 5.32 Å². The Morgan fingerprint density at radius 1 is 1.29 bits per heavy atom. The molecule has 2 aliphatic heterocycles. The second kappa shape index (κ2) is 4.72. The summed E-state index contributed by atoms with van der Waals surface area (Å²) in [4.78, 5) is 11.5. The second-order valence-electron chi connectivity index (χ2n) is 3.50. The van der Waals surface area contributed by atoms with E-state index in [9.17, 15) is 4.79 Å². The molecule has 2 saturated heterocycles. The van der Waals surface area contributed by atoms with Gasteiger partial charge in [-0.25, -0.2) is 0 Å². The van der Waals surface area contributed by atoms with E-state index in [0.717, 1.165) is 6.42 Å². The zero-order chi connectivity index (χ0) is 9.80. The minimum absolute atomic E-state index is 0.0637.